The van der Waals surface area contributed by atoms with Gasteiger partial charge < -0.3 is 18.9 Å². The second kappa shape index (κ2) is 12.6. The smallest absolute Gasteiger partial charge is 0.343 e. The zero-order valence-corrected chi connectivity index (χ0v) is 18.3. The third-order valence-electron chi connectivity index (χ3n) is 3.30. The number of methoxy groups -OCH3 is 4. The zero-order valence-electron chi connectivity index (χ0n) is 15.3. The highest BCUT2D eigenvalue weighted by Crippen LogP contribution is 2.35. The van der Waals surface area contributed by atoms with E-state index in [1.54, 1.807) is 12.1 Å². The Labute approximate surface area is 189 Å². The van der Waals surface area contributed by atoms with E-state index in [4.69, 9.17) is 55.9 Å². The molecule has 0 fully saturated rings. The van der Waals surface area contributed by atoms with Crippen molar-refractivity contribution < 1.29 is 28.5 Å². The van der Waals surface area contributed by atoms with Gasteiger partial charge >= 0.3 is 11.9 Å². The first-order valence-corrected chi connectivity index (χ1v) is 8.95. The first-order chi connectivity index (χ1) is 13.2. The second-order valence-electron chi connectivity index (χ2n) is 4.86. The van der Waals surface area contributed by atoms with Gasteiger partial charge in [0.1, 0.15) is 11.1 Å². The van der Waals surface area contributed by atoms with Crippen molar-refractivity contribution in [3.8, 4) is 11.5 Å². The fourth-order valence-electron chi connectivity index (χ4n) is 2.05. The monoisotopic (exact) mass is 484 g/mol. The van der Waals surface area contributed by atoms with E-state index in [-0.39, 0.29) is 40.1 Å². The largest absolute Gasteiger partial charge is 0.494 e. The number of ether oxygens (including phenoxy) is 4. The third-order valence-corrected chi connectivity index (χ3v) is 4.53. The van der Waals surface area contributed by atoms with Crippen LogP contribution in [0.5, 0.6) is 11.5 Å². The van der Waals surface area contributed by atoms with Crippen LogP contribution in [-0.2, 0) is 9.47 Å². The predicted molar refractivity (Wildman–Crippen MR) is 115 cm³/mol. The lowest BCUT2D eigenvalue weighted by atomic mass is 10.2. The van der Waals surface area contributed by atoms with Gasteiger partial charge in [-0.1, -0.05) is 53.8 Å². The number of carbonyl (C=O) groups is 2. The van der Waals surface area contributed by atoms with Gasteiger partial charge in [0.2, 0.25) is 0 Å². The molecule has 0 radical (unpaired) electrons. The van der Waals surface area contributed by atoms with Crippen LogP contribution >= 0.6 is 46.4 Å². The molecule has 0 saturated carbocycles. The van der Waals surface area contributed by atoms with Gasteiger partial charge in [-0.05, 0) is 24.3 Å². The minimum atomic E-state index is -0.575. The molecule has 0 amide bonds. The SMILES string of the molecule is C.COC(=O)c1c(Cl)ccc(Cl)c1OC.COC(=O)c1c(Cl)ccc(Cl)c1OC. The fraction of sp³-hybridized carbons (Fsp3) is 0.263. The summed E-state index contributed by atoms with van der Waals surface area (Å²) in [7, 11) is 5.34. The molecule has 2 aromatic rings. The van der Waals surface area contributed by atoms with Crippen LogP contribution < -0.4 is 9.47 Å². The molecule has 6 nitrogen and oxygen atoms in total. The highest BCUT2D eigenvalue weighted by Gasteiger charge is 2.20. The summed E-state index contributed by atoms with van der Waals surface area (Å²) in [5.41, 5.74) is 0.285. The number of hydrogen-bond acceptors (Lipinski definition) is 6. The molecular weight excluding hydrogens is 466 g/mol. The van der Waals surface area contributed by atoms with E-state index in [1.807, 2.05) is 0 Å². The molecule has 0 saturated heterocycles. The number of esters is 2. The van der Waals surface area contributed by atoms with E-state index in [9.17, 15) is 9.59 Å². The topological polar surface area (TPSA) is 71.1 Å². The Morgan fingerprint density at radius 2 is 0.897 bits per heavy atom. The molecule has 0 heterocycles. The molecular formula is C19H20Cl4O6. The summed E-state index contributed by atoms with van der Waals surface area (Å²) >= 11 is 23.3. The first kappa shape index (κ1) is 27.1. The molecule has 0 N–H and O–H groups in total. The van der Waals surface area contributed by atoms with Crippen LogP contribution in [0.15, 0.2) is 24.3 Å². The average molecular weight is 486 g/mol. The zero-order chi connectivity index (χ0) is 21.4. The lowest BCUT2D eigenvalue weighted by molar-refractivity contribution is 0.0588. The van der Waals surface area contributed by atoms with Crippen molar-refractivity contribution in [2.45, 2.75) is 7.43 Å². The number of hydrogen-bond donors (Lipinski definition) is 0. The van der Waals surface area contributed by atoms with Gasteiger partial charge in [0.15, 0.2) is 11.5 Å². The molecule has 0 aromatic heterocycles. The normalized spacial score (nSPS) is 9.38. The van der Waals surface area contributed by atoms with Crippen molar-refractivity contribution in [2.75, 3.05) is 28.4 Å². The van der Waals surface area contributed by atoms with Gasteiger partial charge in [-0.25, -0.2) is 9.59 Å². The maximum Gasteiger partial charge on any atom is 0.343 e. The van der Waals surface area contributed by atoms with E-state index in [0.29, 0.717) is 10.0 Å². The minimum absolute atomic E-state index is 0. The molecule has 0 atom stereocenters. The maximum absolute atomic E-state index is 11.3. The Morgan fingerprint density at radius 1 is 0.621 bits per heavy atom. The molecule has 0 unspecified atom stereocenters. The van der Waals surface area contributed by atoms with E-state index >= 15 is 0 Å². The van der Waals surface area contributed by atoms with E-state index in [0.717, 1.165) is 0 Å². The Kier molecular flexibility index (Phi) is 11.8. The quantitative estimate of drug-likeness (QED) is 0.479. The number of carbonyl (C=O) groups excluding carboxylic acids is 2. The molecule has 2 aromatic carbocycles. The van der Waals surface area contributed by atoms with Crippen LogP contribution in [0, 0.1) is 0 Å². The lowest BCUT2D eigenvalue weighted by Gasteiger charge is -2.09. The van der Waals surface area contributed by atoms with Crippen molar-refractivity contribution in [1.29, 1.82) is 0 Å². The summed E-state index contributed by atoms with van der Waals surface area (Å²) in [5, 5.41) is 1.13. The van der Waals surface area contributed by atoms with Crippen LogP contribution in [-0.4, -0.2) is 40.4 Å². The summed E-state index contributed by atoms with van der Waals surface area (Å²) in [4.78, 5) is 22.6. The highest BCUT2D eigenvalue weighted by molar-refractivity contribution is 6.37. The van der Waals surface area contributed by atoms with Crippen molar-refractivity contribution in [3.05, 3.63) is 55.5 Å². The number of rotatable bonds is 4. The molecule has 0 aliphatic carbocycles. The average Bonchev–Trinajstić information content (AvgIpc) is 2.70. The number of halogens is 4. The summed E-state index contributed by atoms with van der Waals surface area (Å²) in [6.07, 6.45) is 0. The molecule has 0 aliphatic heterocycles. The second-order valence-corrected chi connectivity index (χ2v) is 6.49. The van der Waals surface area contributed by atoms with Gasteiger partial charge in [0, 0.05) is 0 Å². The Morgan fingerprint density at radius 3 is 1.14 bits per heavy atom. The Hall–Kier alpha value is -1.86. The summed E-state index contributed by atoms with van der Waals surface area (Å²) in [5.74, 6) is -0.694. The molecule has 10 heteroatoms. The van der Waals surface area contributed by atoms with E-state index in [1.165, 1.54) is 40.6 Å². The summed E-state index contributed by atoms with van der Waals surface area (Å²) in [6.45, 7) is 0. The maximum atomic E-state index is 11.3. The molecule has 2 rings (SSSR count). The van der Waals surface area contributed by atoms with Crippen LogP contribution in [0.3, 0.4) is 0 Å². The Balaban J connectivity index is 0.000000523. The highest BCUT2D eigenvalue weighted by atomic mass is 35.5. The van der Waals surface area contributed by atoms with Crippen LogP contribution in [0.4, 0.5) is 0 Å². The summed E-state index contributed by atoms with van der Waals surface area (Å²) in [6, 6.07) is 6.13. The molecule has 0 bridgehead atoms. The van der Waals surface area contributed by atoms with E-state index < -0.39 is 11.9 Å². The summed E-state index contributed by atoms with van der Waals surface area (Å²) < 4.78 is 19.0. The van der Waals surface area contributed by atoms with Gasteiger partial charge in [-0.3, -0.25) is 0 Å². The minimum Gasteiger partial charge on any atom is -0.494 e. The molecule has 29 heavy (non-hydrogen) atoms. The Bertz CT molecular complexity index is 799. The van der Waals surface area contributed by atoms with Gasteiger partial charge in [0.05, 0.1) is 48.5 Å². The van der Waals surface area contributed by atoms with Crippen molar-refractivity contribution in [3.63, 3.8) is 0 Å². The van der Waals surface area contributed by atoms with Crippen molar-refractivity contribution in [1.82, 2.24) is 0 Å². The first-order valence-electron chi connectivity index (χ1n) is 7.44. The van der Waals surface area contributed by atoms with E-state index in [2.05, 4.69) is 9.47 Å². The standard InChI is InChI=1S/2C9H8Cl2O3.CH4/c2*1-13-8-6(11)4-3-5(10)7(8)9(12)14-2;/h2*3-4H,1-2H3;1H4. The van der Waals surface area contributed by atoms with Gasteiger partial charge in [-0.15, -0.1) is 0 Å². The molecule has 0 spiro atoms. The lowest BCUT2D eigenvalue weighted by Crippen LogP contribution is -2.05. The van der Waals surface area contributed by atoms with Gasteiger partial charge in [0.25, 0.3) is 0 Å². The van der Waals surface area contributed by atoms with Gasteiger partial charge in [-0.2, -0.15) is 0 Å². The third kappa shape index (κ3) is 6.57. The van der Waals surface area contributed by atoms with Crippen molar-refractivity contribution >= 4 is 58.3 Å². The molecule has 0 aliphatic rings. The van der Waals surface area contributed by atoms with Crippen molar-refractivity contribution in [2.24, 2.45) is 0 Å². The van der Waals surface area contributed by atoms with Crippen LogP contribution in [0.25, 0.3) is 0 Å². The number of benzene rings is 2. The van der Waals surface area contributed by atoms with Crippen LogP contribution in [0.1, 0.15) is 28.1 Å². The predicted octanol–water partition coefficient (Wildman–Crippen LogP) is 6.21. The molecule has 160 valence electrons. The van der Waals surface area contributed by atoms with Crippen LogP contribution in [0.2, 0.25) is 20.1 Å². The fourth-order valence-corrected chi connectivity index (χ4v) is 2.97.